The SMILES string of the molecule is N=C(N)Nc1ccccc1C(=O)Nc1ccc2c(C(=N)N)cccc2c1. The van der Waals surface area contributed by atoms with E-state index in [1.54, 1.807) is 36.4 Å². The molecule has 3 aromatic rings. The molecule has 0 spiro atoms. The van der Waals surface area contributed by atoms with Crippen molar-refractivity contribution in [3.05, 3.63) is 71.8 Å². The van der Waals surface area contributed by atoms with Gasteiger partial charge in [-0.05, 0) is 35.0 Å². The van der Waals surface area contributed by atoms with Gasteiger partial charge in [0.25, 0.3) is 5.91 Å². The first-order chi connectivity index (χ1) is 12.5. The Kier molecular flexibility index (Phi) is 4.53. The van der Waals surface area contributed by atoms with E-state index in [1.807, 2.05) is 24.3 Å². The molecule has 7 nitrogen and oxygen atoms in total. The number of amidine groups is 1. The molecule has 0 atom stereocenters. The molecule has 0 bridgehead atoms. The van der Waals surface area contributed by atoms with Crippen molar-refractivity contribution in [3.8, 4) is 0 Å². The van der Waals surface area contributed by atoms with Gasteiger partial charge < -0.3 is 22.1 Å². The Morgan fingerprint density at radius 2 is 1.58 bits per heavy atom. The highest BCUT2D eigenvalue weighted by molar-refractivity contribution is 6.12. The third-order valence-corrected chi connectivity index (χ3v) is 3.87. The van der Waals surface area contributed by atoms with Crippen LogP contribution in [0.25, 0.3) is 10.8 Å². The topological polar surface area (TPSA) is 141 Å². The van der Waals surface area contributed by atoms with Crippen LogP contribution in [0.4, 0.5) is 11.4 Å². The molecule has 0 radical (unpaired) electrons. The predicted molar refractivity (Wildman–Crippen MR) is 105 cm³/mol. The monoisotopic (exact) mass is 346 g/mol. The normalized spacial score (nSPS) is 10.3. The number of hydrogen-bond donors (Lipinski definition) is 6. The van der Waals surface area contributed by atoms with Crippen molar-refractivity contribution in [2.24, 2.45) is 11.5 Å². The molecule has 0 aliphatic carbocycles. The number of nitrogen functional groups attached to an aromatic ring is 1. The number of fused-ring (bicyclic) bond motifs is 1. The number of nitrogens with one attached hydrogen (secondary N) is 4. The van der Waals surface area contributed by atoms with Crippen LogP contribution < -0.4 is 22.1 Å². The van der Waals surface area contributed by atoms with Gasteiger partial charge in [-0.25, -0.2) is 0 Å². The van der Waals surface area contributed by atoms with Crippen LogP contribution in [-0.2, 0) is 0 Å². The zero-order valence-electron chi connectivity index (χ0n) is 13.8. The Bertz CT molecular complexity index is 1030. The largest absolute Gasteiger partial charge is 0.384 e. The van der Waals surface area contributed by atoms with Gasteiger partial charge in [-0.2, -0.15) is 0 Å². The maximum absolute atomic E-state index is 12.6. The van der Waals surface area contributed by atoms with Gasteiger partial charge in [0.2, 0.25) is 0 Å². The van der Waals surface area contributed by atoms with Crippen LogP contribution in [0, 0.1) is 10.8 Å². The number of nitrogens with two attached hydrogens (primary N) is 2. The lowest BCUT2D eigenvalue weighted by atomic mass is 10.0. The van der Waals surface area contributed by atoms with E-state index in [4.69, 9.17) is 22.3 Å². The summed E-state index contributed by atoms with van der Waals surface area (Å²) in [6.07, 6.45) is 0. The highest BCUT2D eigenvalue weighted by Crippen LogP contribution is 2.24. The van der Waals surface area contributed by atoms with E-state index in [0.717, 1.165) is 10.8 Å². The van der Waals surface area contributed by atoms with Crippen molar-refractivity contribution in [1.82, 2.24) is 0 Å². The summed E-state index contributed by atoms with van der Waals surface area (Å²) in [6, 6.07) is 17.7. The molecular weight excluding hydrogens is 328 g/mol. The fraction of sp³-hybridized carbons (Fsp3) is 0. The molecule has 0 aromatic heterocycles. The second-order valence-electron chi connectivity index (χ2n) is 5.69. The first kappa shape index (κ1) is 17.0. The fourth-order valence-corrected chi connectivity index (χ4v) is 2.73. The number of rotatable bonds is 4. The van der Waals surface area contributed by atoms with Gasteiger partial charge in [0, 0.05) is 11.3 Å². The summed E-state index contributed by atoms with van der Waals surface area (Å²) in [6.45, 7) is 0. The fourth-order valence-electron chi connectivity index (χ4n) is 2.73. The van der Waals surface area contributed by atoms with Gasteiger partial charge >= 0.3 is 0 Å². The molecule has 0 unspecified atom stereocenters. The molecule has 130 valence electrons. The summed E-state index contributed by atoms with van der Waals surface area (Å²) in [7, 11) is 0. The van der Waals surface area contributed by atoms with Crippen molar-refractivity contribution in [1.29, 1.82) is 10.8 Å². The van der Waals surface area contributed by atoms with Gasteiger partial charge in [0.05, 0.1) is 11.3 Å². The maximum atomic E-state index is 12.6. The minimum absolute atomic E-state index is 0.00313. The lowest BCUT2D eigenvalue weighted by molar-refractivity contribution is 0.102. The summed E-state index contributed by atoms with van der Waals surface area (Å²) in [5, 5.41) is 22.2. The first-order valence-electron chi connectivity index (χ1n) is 7.84. The van der Waals surface area contributed by atoms with Gasteiger partial charge in [-0.1, -0.05) is 36.4 Å². The van der Waals surface area contributed by atoms with E-state index in [0.29, 0.717) is 22.5 Å². The van der Waals surface area contributed by atoms with E-state index in [9.17, 15) is 4.79 Å². The molecule has 1 amide bonds. The Hall–Kier alpha value is -3.87. The van der Waals surface area contributed by atoms with Gasteiger partial charge in [0.15, 0.2) is 5.96 Å². The number of benzene rings is 3. The van der Waals surface area contributed by atoms with Gasteiger partial charge in [-0.3, -0.25) is 15.6 Å². The molecule has 3 rings (SSSR count). The molecule has 8 N–H and O–H groups in total. The van der Waals surface area contributed by atoms with E-state index in [-0.39, 0.29) is 17.7 Å². The molecule has 0 saturated carbocycles. The van der Waals surface area contributed by atoms with Crippen LogP contribution >= 0.6 is 0 Å². The standard InChI is InChI=1S/C19H18N6O/c20-17(21)14-6-3-4-11-10-12(8-9-13(11)14)24-18(26)15-5-1-2-7-16(15)25-19(22)23/h1-10H,(H3,20,21)(H,24,26)(H4,22,23,25). The maximum Gasteiger partial charge on any atom is 0.257 e. The van der Waals surface area contributed by atoms with Crippen molar-refractivity contribution < 1.29 is 4.79 Å². The second-order valence-corrected chi connectivity index (χ2v) is 5.69. The zero-order chi connectivity index (χ0) is 18.7. The Balaban J connectivity index is 1.91. The summed E-state index contributed by atoms with van der Waals surface area (Å²) < 4.78 is 0. The molecule has 26 heavy (non-hydrogen) atoms. The summed E-state index contributed by atoms with van der Waals surface area (Å²) in [4.78, 5) is 12.6. The van der Waals surface area contributed by atoms with Crippen LogP contribution in [0.3, 0.4) is 0 Å². The number of carbonyl (C=O) groups excluding carboxylic acids is 1. The molecule has 3 aromatic carbocycles. The highest BCUT2D eigenvalue weighted by Gasteiger charge is 2.12. The van der Waals surface area contributed by atoms with E-state index in [2.05, 4.69) is 10.6 Å². The molecule has 0 aliphatic rings. The Labute approximate surface area is 150 Å². The third kappa shape index (κ3) is 3.46. The van der Waals surface area contributed by atoms with Crippen LogP contribution in [0.1, 0.15) is 15.9 Å². The molecule has 0 saturated heterocycles. The highest BCUT2D eigenvalue weighted by atomic mass is 16.1. The molecule has 0 fully saturated rings. The summed E-state index contributed by atoms with van der Waals surface area (Å²) >= 11 is 0. The van der Waals surface area contributed by atoms with E-state index < -0.39 is 0 Å². The first-order valence-corrected chi connectivity index (χ1v) is 7.84. The van der Waals surface area contributed by atoms with Crippen molar-refractivity contribution in [2.75, 3.05) is 10.6 Å². The van der Waals surface area contributed by atoms with E-state index in [1.165, 1.54) is 0 Å². The van der Waals surface area contributed by atoms with Crippen LogP contribution in [0.15, 0.2) is 60.7 Å². The number of hydrogen-bond acceptors (Lipinski definition) is 3. The van der Waals surface area contributed by atoms with E-state index >= 15 is 0 Å². The number of anilines is 2. The number of carbonyl (C=O) groups is 1. The lowest BCUT2D eigenvalue weighted by Crippen LogP contribution is -2.23. The zero-order valence-corrected chi connectivity index (χ0v) is 13.8. The summed E-state index contributed by atoms with van der Waals surface area (Å²) in [5.74, 6) is -0.569. The van der Waals surface area contributed by atoms with Gasteiger partial charge in [0.1, 0.15) is 5.84 Å². The van der Waals surface area contributed by atoms with Crippen molar-refractivity contribution in [2.45, 2.75) is 0 Å². The number of para-hydroxylation sites is 1. The summed E-state index contributed by atoms with van der Waals surface area (Å²) in [5.41, 5.74) is 13.1. The second kappa shape index (κ2) is 6.94. The average Bonchev–Trinajstić information content (AvgIpc) is 2.60. The third-order valence-electron chi connectivity index (χ3n) is 3.87. The molecule has 7 heteroatoms. The molecule has 0 aliphatic heterocycles. The minimum Gasteiger partial charge on any atom is -0.384 e. The predicted octanol–water partition coefficient (Wildman–Crippen LogP) is 2.68. The smallest absolute Gasteiger partial charge is 0.257 e. The number of guanidine groups is 1. The van der Waals surface area contributed by atoms with Crippen LogP contribution in [-0.4, -0.2) is 17.7 Å². The quantitative estimate of drug-likeness (QED) is 0.319. The van der Waals surface area contributed by atoms with Crippen LogP contribution in [0.5, 0.6) is 0 Å². The lowest BCUT2D eigenvalue weighted by Gasteiger charge is -2.12. The average molecular weight is 346 g/mol. The Morgan fingerprint density at radius 1 is 0.846 bits per heavy atom. The van der Waals surface area contributed by atoms with Crippen LogP contribution in [0.2, 0.25) is 0 Å². The van der Waals surface area contributed by atoms with Crippen molar-refractivity contribution >= 4 is 39.8 Å². The molecule has 0 heterocycles. The van der Waals surface area contributed by atoms with Gasteiger partial charge in [-0.15, -0.1) is 0 Å². The van der Waals surface area contributed by atoms with Crippen molar-refractivity contribution in [3.63, 3.8) is 0 Å². The molecular formula is C19H18N6O. The minimum atomic E-state index is -0.323. The Morgan fingerprint density at radius 3 is 2.31 bits per heavy atom. The number of amides is 1.